The number of nitrogens with zero attached hydrogens (tertiary/aromatic N) is 1. The molecule has 0 aromatic heterocycles. The Labute approximate surface area is 77.9 Å². The first-order valence-electron chi connectivity index (χ1n) is 3.64. The molecule has 0 saturated carbocycles. The number of carbonyl (C=O) groups is 1. The highest BCUT2D eigenvalue weighted by atomic mass is 19.1. The molecule has 0 aliphatic heterocycles. The Kier molecular flexibility index (Phi) is 2.76. The van der Waals surface area contributed by atoms with Gasteiger partial charge in [0.25, 0.3) is 5.69 Å². The van der Waals surface area contributed by atoms with Gasteiger partial charge in [0.15, 0.2) is 0 Å². The molecule has 0 saturated heterocycles. The minimum atomic E-state index is -2.36. The molecule has 1 N–H and O–H groups in total. The van der Waals surface area contributed by atoms with Crippen LogP contribution < -0.4 is 0 Å². The number of rotatable bonds is 3. The van der Waals surface area contributed by atoms with Gasteiger partial charge in [0.1, 0.15) is 0 Å². The van der Waals surface area contributed by atoms with Crippen LogP contribution in [0.5, 0.6) is 0 Å². The lowest BCUT2D eigenvalue weighted by atomic mass is 10.1. The number of alkyl halides is 1. The average molecular weight is 199 g/mol. The topological polar surface area (TPSA) is 80.4 Å². The summed E-state index contributed by atoms with van der Waals surface area (Å²) >= 11 is 0. The van der Waals surface area contributed by atoms with Gasteiger partial charge >= 0.3 is 5.97 Å². The number of halogens is 1. The smallest absolute Gasteiger partial charge is 0.343 e. The largest absolute Gasteiger partial charge is 0.479 e. The first kappa shape index (κ1) is 10.1. The number of carboxylic acid groups (broad SMARTS) is 1. The van der Waals surface area contributed by atoms with E-state index < -0.39 is 28.3 Å². The molecule has 0 amide bonds. The number of benzene rings is 1. The predicted octanol–water partition coefficient (Wildman–Crippen LogP) is 1.69. The fraction of sp³-hybridized carbons (Fsp3) is 0.125. The van der Waals surface area contributed by atoms with Crippen LogP contribution in [0.25, 0.3) is 0 Å². The molecule has 1 unspecified atom stereocenters. The number of aliphatic carboxylic acids is 1. The van der Waals surface area contributed by atoms with Crippen molar-refractivity contribution >= 4 is 11.7 Å². The first-order valence-corrected chi connectivity index (χ1v) is 3.64. The number of nitro benzene ring substituents is 1. The van der Waals surface area contributed by atoms with Gasteiger partial charge in [-0.25, -0.2) is 9.18 Å². The van der Waals surface area contributed by atoms with E-state index in [1.165, 1.54) is 12.1 Å². The molecule has 0 aliphatic carbocycles. The summed E-state index contributed by atoms with van der Waals surface area (Å²) in [5.74, 6) is -1.74. The van der Waals surface area contributed by atoms with E-state index in [0.717, 1.165) is 12.1 Å². The maximum absolute atomic E-state index is 13.0. The maximum atomic E-state index is 13.0. The lowest BCUT2D eigenvalue weighted by Crippen LogP contribution is -2.08. The fourth-order valence-electron chi connectivity index (χ4n) is 1.00. The lowest BCUT2D eigenvalue weighted by Gasteiger charge is -2.03. The Morgan fingerprint density at radius 1 is 1.50 bits per heavy atom. The second-order valence-electron chi connectivity index (χ2n) is 2.52. The standard InChI is InChI=1S/C8H6FNO4/c9-7(8(11)12)5-3-1-2-4-6(5)10(13)14/h1-4,7H,(H,11,12). The maximum Gasteiger partial charge on any atom is 0.343 e. The molecule has 1 aromatic carbocycles. The third kappa shape index (κ3) is 1.85. The molecular formula is C8H6FNO4. The summed E-state index contributed by atoms with van der Waals surface area (Å²) in [7, 11) is 0. The number of nitro groups is 1. The zero-order valence-electron chi connectivity index (χ0n) is 6.88. The second-order valence-corrected chi connectivity index (χ2v) is 2.52. The van der Waals surface area contributed by atoms with Gasteiger partial charge in [0.2, 0.25) is 6.17 Å². The molecule has 0 heterocycles. The third-order valence-electron chi connectivity index (χ3n) is 1.62. The fourth-order valence-corrected chi connectivity index (χ4v) is 1.00. The van der Waals surface area contributed by atoms with Gasteiger partial charge < -0.3 is 5.11 Å². The molecule has 0 spiro atoms. The Morgan fingerprint density at radius 3 is 2.57 bits per heavy atom. The molecule has 6 heteroatoms. The lowest BCUT2D eigenvalue weighted by molar-refractivity contribution is -0.385. The highest BCUT2D eigenvalue weighted by Crippen LogP contribution is 2.27. The van der Waals surface area contributed by atoms with Crippen molar-refractivity contribution in [3.8, 4) is 0 Å². The van der Waals surface area contributed by atoms with Crippen molar-refractivity contribution in [3.05, 3.63) is 39.9 Å². The van der Waals surface area contributed by atoms with Crippen LogP contribution in [0.2, 0.25) is 0 Å². The van der Waals surface area contributed by atoms with Crippen molar-refractivity contribution < 1.29 is 19.2 Å². The van der Waals surface area contributed by atoms with Crippen molar-refractivity contribution in [2.24, 2.45) is 0 Å². The quantitative estimate of drug-likeness (QED) is 0.593. The van der Waals surface area contributed by atoms with Crippen LogP contribution in [0.1, 0.15) is 11.7 Å². The van der Waals surface area contributed by atoms with E-state index in [2.05, 4.69) is 0 Å². The van der Waals surface area contributed by atoms with E-state index in [1.807, 2.05) is 0 Å². The Morgan fingerprint density at radius 2 is 2.07 bits per heavy atom. The Bertz CT molecular complexity index is 379. The van der Waals surface area contributed by atoms with Gasteiger partial charge in [0, 0.05) is 6.07 Å². The molecule has 1 atom stereocenters. The highest BCUT2D eigenvalue weighted by molar-refractivity contribution is 5.75. The molecule has 0 bridgehead atoms. The predicted molar refractivity (Wildman–Crippen MR) is 44.6 cm³/mol. The number of hydrogen-bond acceptors (Lipinski definition) is 3. The molecule has 0 aliphatic rings. The number of hydrogen-bond donors (Lipinski definition) is 1. The van der Waals surface area contributed by atoms with Gasteiger partial charge in [-0.2, -0.15) is 0 Å². The van der Waals surface area contributed by atoms with Crippen LogP contribution in [-0.2, 0) is 4.79 Å². The van der Waals surface area contributed by atoms with Crippen LogP contribution in [0, 0.1) is 10.1 Å². The van der Waals surface area contributed by atoms with E-state index in [1.54, 1.807) is 0 Å². The molecule has 74 valence electrons. The average Bonchev–Trinajstić information content (AvgIpc) is 2.16. The minimum absolute atomic E-state index is 0.440. The molecule has 0 fully saturated rings. The van der Waals surface area contributed by atoms with Gasteiger partial charge in [0.05, 0.1) is 10.5 Å². The highest BCUT2D eigenvalue weighted by Gasteiger charge is 2.26. The Balaban J connectivity index is 3.19. The van der Waals surface area contributed by atoms with Crippen molar-refractivity contribution in [2.45, 2.75) is 6.17 Å². The van der Waals surface area contributed by atoms with Gasteiger partial charge in [-0.05, 0) is 6.07 Å². The van der Waals surface area contributed by atoms with Crippen LogP contribution in [0.3, 0.4) is 0 Å². The van der Waals surface area contributed by atoms with Crippen LogP contribution in [0.4, 0.5) is 10.1 Å². The summed E-state index contributed by atoms with van der Waals surface area (Å²) in [6.45, 7) is 0. The van der Waals surface area contributed by atoms with E-state index in [0.29, 0.717) is 0 Å². The molecule has 0 radical (unpaired) electrons. The Hall–Kier alpha value is -1.98. The first-order chi connectivity index (χ1) is 6.54. The van der Waals surface area contributed by atoms with Crippen molar-refractivity contribution in [3.63, 3.8) is 0 Å². The normalized spacial score (nSPS) is 12.1. The molecule has 1 rings (SSSR count). The molecule has 1 aromatic rings. The number of para-hydroxylation sites is 1. The SMILES string of the molecule is O=C(O)C(F)c1ccccc1[N+](=O)[O-]. The van der Waals surface area contributed by atoms with Crippen molar-refractivity contribution in [2.75, 3.05) is 0 Å². The molecule has 5 nitrogen and oxygen atoms in total. The van der Waals surface area contributed by atoms with Gasteiger partial charge in [-0.3, -0.25) is 10.1 Å². The van der Waals surface area contributed by atoms with Crippen molar-refractivity contribution in [1.82, 2.24) is 0 Å². The monoisotopic (exact) mass is 199 g/mol. The van der Waals surface area contributed by atoms with E-state index in [9.17, 15) is 19.3 Å². The minimum Gasteiger partial charge on any atom is -0.479 e. The van der Waals surface area contributed by atoms with Crippen LogP contribution >= 0.6 is 0 Å². The zero-order valence-corrected chi connectivity index (χ0v) is 6.88. The number of carboxylic acids is 1. The summed E-state index contributed by atoms with van der Waals surface area (Å²) in [5.41, 5.74) is -0.965. The summed E-state index contributed by atoms with van der Waals surface area (Å²) in [5, 5.41) is 18.7. The van der Waals surface area contributed by atoms with E-state index in [-0.39, 0.29) is 0 Å². The second kappa shape index (κ2) is 3.82. The van der Waals surface area contributed by atoms with Crippen LogP contribution in [-0.4, -0.2) is 16.0 Å². The van der Waals surface area contributed by atoms with Crippen molar-refractivity contribution in [1.29, 1.82) is 0 Å². The van der Waals surface area contributed by atoms with Crippen LogP contribution in [0.15, 0.2) is 24.3 Å². The zero-order chi connectivity index (χ0) is 10.7. The van der Waals surface area contributed by atoms with Gasteiger partial charge in [-0.15, -0.1) is 0 Å². The van der Waals surface area contributed by atoms with Gasteiger partial charge in [-0.1, -0.05) is 12.1 Å². The summed E-state index contributed by atoms with van der Waals surface area (Å²) in [6.07, 6.45) is -2.36. The molecular weight excluding hydrogens is 193 g/mol. The third-order valence-corrected chi connectivity index (χ3v) is 1.62. The summed E-state index contributed by atoms with van der Waals surface area (Å²) in [6, 6.07) is 4.83. The summed E-state index contributed by atoms with van der Waals surface area (Å²) in [4.78, 5) is 19.9. The summed E-state index contributed by atoms with van der Waals surface area (Å²) < 4.78 is 13.0. The van der Waals surface area contributed by atoms with E-state index >= 15 is 0 Å². The van der Waals surface area contributed by atoms with E-state index in [4.69, 9.17) is 5.11 Å². The molecule has 14 heavy (non-hydrogen) atoms.